The predicted octanol–water partition coefficient (Wildman–Crippen LogP) is 2.44. The van der Waals surface area contributed by atoms with E-state index in [2.05, 4.69) is 5.10 Å². The number of benzene rings is 1. The number of carboxylic acid groups (broad SMARTS) is 1. The van der Waals surface area contributed by atoms with Crippen LogP contribution < -0.4 is 0 Å². The molecule has 1 heterocycles. The summed E-state index contributed by atoms with van der Waals surface area (Å²) in [6.07, 6.45) is 1.64. The van der Waals surface area contributed by atoms with Crippen LogP contribution in [0.4, 0.5) is 0 Å². The minimum Gasteiger partial charge on any atom is -0.476 e. The molecule has 0 aliphatic heterocycles. The molecule has 4 nitrogen and oxygen atoms in total. The molecular weight excluding hydrogens is 228 g/mol. The van der Waals surface area contributed by atoms with Crippen LogP contribution in [0.2, 0.25) is 5.02 Å². The first-order valence-corrected chi connectivity index (χ1v) is 4.99. The van der Waals surface area contributed by atoms with Crippen molar-refractivity contribution in [3.05, 3.63) is 41.2 Å². The smallest absolute Gasteiger partial charge is 0.357 e. The van der Waals surface area contributed by atoms with E-state index in [0.717, 1.165) is 0 Å². The summed E-state index contributed by atoms with van der Waals surface area (Å²) in [4.78, 5) is 11.0. The van der Waals surface area contributed by atoms with Gasteiger partial charge in [-0.2, -0.15) is 5.10 Å². The monoisotopic (exact) mass is 236 g/mol. The van der Waals surface area contributed by atoms with Crippen LogP contribution in [0.3, 0.4) is 0 Å². The first-order valence-electron chi connectivity index (χ1n) is 4.61. The molecule has 0 aliphatic carbocycles. The molecule has 1 aromatic heterocycles. The lowest BCUT2D eigenvalue weighted by Gasteiger charge is -2.01. The maximum Gasteiger partial charge on any atom is 0.357 e. The van der Waals surface area contributed by atoms with Crippen molar-refractivity contribution < 1.29 is 9.90 Å². The third kappa shape index (κ3) is 1.79. The molecule has 2 aromatic rings. The standard InChI is InChI=1S/C11H9ClN2O2/c1-14-6-8(10(13-14)11(15)16)7-4-2-3-5-9(7)12/h2-6H,1H3,(H,15,16). The van der Waals surface area contributed by atoms with Crippen molar-refractivity contribution in [2.24, 2.45) is 7.05 Å². The number of carboxylic acids is 1. The molecule has 1 N–H and O–H groups in total. The van der Waals surface area contributed by atoms with E-state index < -0.39 is 5.97 Å². The highest BCUT2D eigenvalue weighted by Crippen LogP contribution is 2.29. The van der Waals surface area contributed by atoms with Gasteiger partial charge in [-0.25, -0.2) is 4.79 Å². The summed E-state index contributed by atoms with van der Waals surface area (Å²) in [6, 6.07) is 7.09. The lowest BCUT2D eigenvalue weighted by Crippen LogP contribution is -2.00. The van der Waals surface area contributed by atoms with Gasteiger partial charge in [0.1, 0.15) is 0 Å². The molecule has 0 saturated carbocycles. The molecule has 0 bridgehead atoms. The van der Waals surface area contributed by atoms with Gasteiger partial charge in [0, 0.05) is 29.4 Å². The Morgan fingerprint density at radius 1 is 1.38 bits per heavy atom. The minimum atomic E-state index is -1.06. The Bertz CT molecular complexity index is 549. The number of aryl methyl sites for hydroxylation is 1. The van der Waals surface area contributed by atoms with E-state index in [1.807, 2.05) is 0 Å². The van der Waals surface area contributed by atoms with Crippen molar-refractivity contribution in [3.8, 4) is 11.1 Å². The number of rotatable bonds is 2. The molecule has 0 amide bonds. The molecular formula is C11H9ClN2O2. The summed E-state index contributed by atoms with van der Waals surface area (Å²) in [5.41, 5.74) is 1.21. The molecule has 0 saturated heterocycles. The Morgan fingerprint density at radius 3 is 2.69 bits per heavy atom. The zero-order valence-electron chi connectivity index (χ0n) is 8.51. The number of aromatic carboxylic acids is 1. The van der Waals surface area contributed by atoms with Gasteiger partial charge in [0.2, 0.25) is 0 Å². The van der Waals surface area contributed by atoms with Crippen LogP contribution in [0, 0.1) is 0 Å². The summed E-state index contributed by atoms with van der Waals surface area (Å²) in [5.74, 6) is -1.06. The quantitative estimate of drug-likeness (QED) is 0.871. The van der Waals surface area contributed by atoms with Gasteiger partial charge < -0.3 is 5.11 Å². The van der Waals surface area contributed by atoms with E-state index in [0.29, 0.717) is 16.1 Å². The van der Waals surface area contributed by atoms with E-state index in [1.54, 1.807) is 37.5 Å². The highest BCUT2D eigenvalue weighted by molar-refractivity contribution is 6.33. The van der Waals surface area contributed by atoms with Gasteiger partial charge in [0.25, 0.3) is 0 Å². The van der Waals surface area contributed by atoms with Crippen molar-refractivity contribution in [1.29, 1.82) is 0 Å². The summed E-state index contributed by atoms with van der Waals surface area (Å²) in [6.45, 7) is 0. The maximum absolute atomic E-state index is 11.0. The maximum atomic E-state index is 11.0. The molecule has 0 radical (unpaired) electrons. The Labute approximate surface area is 97.1 Å². The van der Waals surface area contributed by atoms with Crippen molar-refractivity contribution in [2.45, 2.75) is 0 Å². The lowest BCUT2D eigenvalue weighted by atomic mass is 10.1. The zero-order valence-corrected chi connectivity index (χ0v) is 9.27. The van der Waals surface area contributed by atoms with Gasteiger partial charge in [-0.3, -0.25) is 4.68 Å². The van der Waals surface area contributed by atoms with E-state index >= 15 is 0 Å². The molecule has 2 rings (SSSR count). The van der Waals surface area contributed by atoms with Gasteiger partial charge in [-0.15, -0.1) is 0 Å². The highest BCUT2D eigenvalue weighted by Gasteiger charge is 2.17. The van der Waals surface area contributed by atoms with Crippen molar-refractivity contribution >= 4 is 17.6 Å². The SMILES string of the molecule is Cn1cc(-c2ccccc2Cl)c(C(=O)O)n1. The fraction of sp³-hybridized carbons (Fsp3) is 0.0909. The summed E-state index contributed by atoms with van der Waals surface area (Å²) < 4.78 is 1.46. The Morgan fingerprint density at radius 2 is 2.06 bits per heavy atom. The van der Waals surface area contributed by atoms with E-state index in [-0.39, 0.29) is 5.69 Å². The van der Waals surface area contributed by atoms with Crippen molar-refractivity contribution in [1.82, 2.24) is 9.78 Å². The molecule has 0 fully saturated rings. The van der Waals surface area contributed by atoms with Crippen LogP contribution in [0.25, 0.3) is 11.1 Å². The molecule has 1 aromatic carbocycles. The summed E-state index contributed by atoms with van der Waals surface area (Å²) in [5, 5.41) is 13.4. The normalized spacial score (nSPS) is 10.4. The fourth-order valence-electron chi connectivity index (χ4n) is 1.52. The number of carbonyl (C=O) groups is 1. The van der Waals surface area contributed by atoms with Crippen LogP contribution in [-0.4, -0.2) is 20.9 Å². The van der Waals surface area contributed by atoms with Gasteiger partial charge in [0.15, 0.2) is 5.69 Å². The highest BCUT2D eigenvalue weighted by atomic mass is 35.5. The molecule has 82 valence electrons. The lowest BCUT2D eigenvalue weighted by molar-refractivity contribution is 0.0690. The van der Waals surface area contributed by atoms with Crippen LogP contribution in [0.1, 0.15) is 10.5 Å². The van der Waals surface area contributed by atoms with Gasteiger partial charge in [-0.05, 0) is 6.07 Å². The van der Waals surface area contributed by atoms with Crippen LogP contribution in [0.15, 0.2) is 30.5 Å². The van der Waals surface area contributed by atoms with Gasteiger partial charge in [0.05, 0.1) is 0 Å². The number of nitrogens with zero attached hydrogens (tertiary/aromatic N) is 2. The average Bonchev–Trinajstić information content (AvgIpc) is 2.61. The average molecular weight is 237 g/mol. The summed E-state index contributed by atoms with van der Waals surface area (Å²) in [7, 11) is 1.67. The number of aromatic nitrogens is 2. The first kappa shape index (κ1) is 10.7. The fourth-order valence-corrected chi connectivity index (χ4v) is 1.76. The van der Waals surface area contributed by atoms with E-state index in [4.69, 9.17) is 16.7 Å². The Hall–Kier alpha value is -1.81. The Balaban J connectivity index is 2.64. The molecule has 0 atom stereocenters. The number of halogens is 1. The van der Waals surface area contributed by atoms with Crippen LogP contribution in [-0.2, 0) is 7.05 Å². The predicted molar refractivity (Wildman–Crippen MR) is 60.6 cm³/mol. The van der Waals surface area contributed by atoms with E-state index in [9.17, 15) is 4.79 Å². The number of hydrogen-bond acceptors (Lipinski definition) is 2. The van der Waals surface area contributed by atoms with Crippen molar-refractivity contribution in [2.75, 3.05) is 0 Å². The second-order valence-electron chi connectivity index (χ2n) is 3.35. The molecule has 5 heteroatoms. The largest absolute Gasteiger partial charge is 0.476 e. The second kappa shape index (κ2) is 3.98. The van der Waals surface area contributed by atoms with Gasteiger partial charge in [-0.1, -0.05) is 29.8 Å². The first-order chi connectivity index (χ1) is 7.59. The molecule has 0 unspecified atom stereocenters. The third-order valence-corrected chi connectivity index (χ3v) is 2.52. The zero-order chi connectivity index (χ0) is 11.7. The molecule has 0 spiro atoms. The Kier molecular flexibility index (Phi) is 2.66. The van der Waals surface area contributed by atoms with Gasteiger partial charge >= 0.3 is 5.97 Å². The summed E-state index contributed by atoms with van der Waals surface area (Å²) >= 11 is 6.01. The second-order valence-corrected chi connectivity index (χ2v) is 3.76. The van der Waals surface area contributed by atoms with E-state index in [1.165, 1.54) is 4.68 Å². The third-order valence-electron chi connectivity index (χ3n) is 2.20. The minimum absolute atomic E-state index is 0.00981. The topological polar surface area (TPSA) is 55.1 Å². The molecule has 16 heavy (non-hydrogen) atoms. The van der Waals surface area contributed by atoms with Crippen molar-refractivity contribution in [3.63, 3.8) is 0 Å². The van der Waals surface area contributed by atoms with Crippen LogP contribution in [0.5, 0.6) is 0 Å². The van der Waals surface area contributed by atoms with Crippen LogP contribution >= 0.6 is 11.6 Å². The number of hydrogen-bond donors (Lipinski definition) is 1. The molecule has 0 aliphatic rings.